The van der Waals surface area contributed by atoms with Crippen molar-refractivity contribution in [3.63, 3.8) is 0 Å². The van der Waals surface area contributed by atoms with Crippen molar-refractivity contribution in [2.75, 3.05) is 13.6 Å². The fourth-order valence-corrected chi connectivity index (χ4v) is 3.11. The normalized spacial score (nSPS) is 11.2. The van der Waals surface area contributed by atoms with Crippen LogP contribution in [0.15, 0.2) is 29.1 Å². The molecule has 1 heterocycles. The highest BCUT2D eigenvalue weighted by atomic mass is 32.1. The van der Waals surface area contributed by atoms with E-state index in [0.717, 1.165) is 29.2 Å². The molecule has 1 aromatic carbocycles. The summed E-state index contributed by atoms with van der Waals surface area (Å²) in [5.74, 6) is 0. The van der Waals surface area contributed by atoms with Crippen LogP contribution in [-0.4, -0.2) is 23.5 Å². The number of benzene rings is 1. The van der Waals surface area contributed by atoms with E-state index in [0.29, 0.717) is 0 Å². The summed E-state index contributed by atoms with van der Waals surface area (Å²) in [6.07, 6.45) is 2.38. The molecule has 108 valence electrons. The maximum absolute atomic E-state index is 11.7. The quantitative estimate of drug-likeness (QED) is 0.881. The molecule has 0 unspecified atom stereocenters. The Hall–Kier alpha value is -1.39. The van der Waals surface area contributed by atoms with E-state index in [1.807, 2.05) is 0 Å². The van der Waals surface area contributed by atoms with Gasteiger partial charge in [-0.3, -0.25) is 4.79 Å². The summed E-state index contributed by atoms with van der Waals surface area (Å²) in [5.41, 5.74) is 3.30. The predicted octanol–water partition coefficient (Wildman–Crippen LogP) is 3.64. The van der Waals surface area contributed by atoms with Crippen LogP contribution in [0.4, 0.5) is 0 Å². The van der Waals surface area contributed by atoms with E-state index in [9.17, 15) is 4.79 Å². The molecule has 0 aliphatic rings. The third kappa shape index (κ3) is 3.81. The molecule has 0 aliphatic carbocycles. The Bertz CT molecular complexity index is 598. The van der Waals surface area contributed by atoms with Crippen LogP contribution < -0.4 is 4.87 Å². The number of aromatic nitrogens is 1. The van der Waals surface area contributed by atoms with Crippen molar-refractivity contribution in [3.8, 4) is 11.3 Å². The number of hydrogen-bond donors (Lipinski definition) is 1. The number of hydrogen-bond acceptors (Lipinski definition) is 3. The first-order valence-electron chi connectivity index (χ1n) is 7.07. The van der Waals surface area contributed by atoms with Gasteiger partial charge in [0.1, 0.15) is 0 Å². The van der Waals surface area contributed by atoms with Crippen molar-refractivity contribution in [3.05, 3.63) is 44.4 Å². The second kappa shape index (κ2) is 6.86. The Kier molecular flexibility index (Phi) is 5.15. The maximum atomic E-state index is 11.7. The van der Waals surface area contributed by atoms with Gasteiger partial charge in [0.2, 0.25) is 0 Å². The zero-order valence-corrected chi connectivity index (χ0v) is 13.2. The molecular weight excluding hydrogens is 268 g/mol. The van der Waals surface area contributed by atoms with E-state index in [1.165, 1.54) is 29.7 Å². The van der Waals surface area contributed by atoms with Crippen LogP contribution in [0, 0.1) is 6.92 Å². The number of thiazole rings is 1. The van der Waals surface area contributed by atoms with Crippen LogP contribution in [0.1, 0.15) is 30.2 Å². The topological polar surface area (TPSA) is 36.1 Å². The summed E-state index contributed by atoms with van der Waals surface area (Å²) in [4.78, 5) is 18.1. The SMILES string of the molecule is CCCCN(C)Cc1sc(=O)[nH]c1-c1ccc(C)cc1. The monoisotopic (exact) mass is 290 g/mol. The van der Waals surface area contributed by atoms with Gasteiger partial charge in [-0.15, -0.1) is 0 Å². The summed E-state index contributed by atoms with van der Waals surface area (Å²) >= 11 is 1.32. The molecule has 0 radical (unpaired) electrons. The minimum atomic E-state index is 0.0273. The molecular formula is C16H22N2OS. The molecule has 0 bridgehead atoms. The van der Waals surface area contributed by atoms with Crippen LogP contribution in [0.3, 0.4) is 0 Å². The van der Waals surface area contributed by atoms with Gasteiger partial charge in [-0.1, -0.05) is 54.5 Å². The lowest BCUT2D eigenvalue weighted by Gasteiger charge is -2.15. The number of aryl methyl sites for hydroxylation is 1. The summed E-state index contributed by atoms with van der Waals surface area (Å²) in [6.45, 7) is 6.16. The van der Waals surface area contributed by atoms with Gasteiger partial charge in [0.15, 0.2) is 0 Å². The molecule has 1 aromatic heterocycles. The Morgan fingerprint density at radius 2 is 1.95 bits per heavy atom. The summed E-state index contributed by atoms with van der Waals surface area (Å²) < 4.78 is 0. The van der Waals surface area contributed by atoms with Crippen molar-refractivity contribution in [2.45, 2.75) is 33.2 Å². The van der Waals surface area contributed by atoms with Gasteiger partial charge in [-0.2, -0.15) is 0 Å². The molecule has 4 heteroatoms. The summed E-state index contributed by atoms with van der Waals surface area (Å²) in [7, 11) is 2.11. The molecule has 2 rings (SSSR count). The van der Waals surface area contributed by atoms with Crippen LogP contribution in [0.25, 0.3) is 11.3 Å². The zero-order valence-electron chi connectivity index (χ0n) is 12.4. The molecule has 3 nitrogen and oxygen atoms in total. The van der Waals surface area contributed by atoms with Crippen LogP contribution in [-0.2, 0) is 6.54 Å². The van der Waals surface area contributed by atoms with E-state index in [-0.39, 0.29) is 4.87 Å². The summed E-state index contributed by atoms with van der Waals surface area (Å²) in [6, 6.07) is 8.30. The van der Waals surface area contributed by atoms with E-state index >= 15 is 0 Å². The van der Waals surface area contributed by atoms with Gasteiger partial charge in [-0.25, -0.2) is 0 Å². The lowest BCUT2D eigenvalue weighted by molar-refractivity contribution is 0.324. The van der Waals surface area contributed by atoms with Gasteiger partial charge >= 0.3 is 4.87 Å². The van der Waals surface area contributed by atoms with E-state index in [1.54, 1.807) is 0 Å². The van der Waals surface area contributed by atoms with Gasteiger partial charge < -0.3 is 9.88 Å². The fourth-order valence-electron chi connectivity index (χ4n) is 2.18. The predicted molar refractivity (Wildman–Crippen MR) is 86.4 cm³/mol. The van der Waals surface area contributed by atoms with Crippen LogP contribution in [0.2, 0.25) is 0 Å². The molecule has 0 saturated heterocycles. The van der Waals surface area contributed by atoms with Crippen LogP contribution in [0.5, 0.6) is 0 Å². The Labute approximate surface area is 124 Å². The van der Waals surface area contributed by atoms with Crippen molar-refractivity contribution < 1.29 is 0 Å². The lowest BCUT2D eigenvalue weighted by atomic mass is 10.1. The average molecular weight is 290 g/mol. The molecule has 1 N–H and O–H groups in total. The molecule has 0 fully saturated rings. The zero-order chi connectivity index (χ0) is 14.5. The van der Waals surface area contributed by atoms with Crippen LogP contribution >= 0.6 is 11.3 Å². The minimum absolute atomic E-state index is 0.0273. The second-order valence-corrected chi connectivity index (χ2v) is 6.34. The van der Waals surface area contributed by atoms with E-state index in [2.05, 4.69) is 55.0 Å². The molecule has 0 spiro atoms. The number of H-pyrrole nitrogens is 1. The summed E-state index contributed by atoms with van der Waals surface area (Å²) in [5, 5.41) is 0. The number of nitrogens with zero attached hydrogens (tertiary/aromatic N) is 1. The lowest BCUT2D eigenvalue weighted by Crippen LogP contribution is -2.18. The number of rotatable bonds is 6. The Morgan fingerprint density at radius 1 is 1.25 bits per heavy atom. The van der Waals surface area contributed by atoms with Crippen molar-refractivity contribution in [2.24, 2.45) is 0 Å². The number of nitrogens with one attached hydrogen (secondary N) is 1. The number of unbranched alkanes of at least 4 members (excludes halogenated alkanes) is 1. The highest BCUT2D eigenvalue weighted by Gasteiger charge is 2.12. The standard InChI is InChI=1S/C16H22N2OS/c1-4-5-10-18(3)11-14-15(17-16(19)20-14)13-8-6-12(2)7-9-13/h6-9H,4-5,10-11H2,1-3H3,(H,17,19). The highest BCUT2D eigenvalue weighted by Crippen LogP contribution is 2.24. The smallest absolute Gasteiger partial charge is 0.305 e. The Morgan fingerprint density at radius 3 is 2.60 bits per heavy atom. The van der Waals surface area contributed by atoms with Gasteiger partial charge in [-0.05, 0) is 32.5 Å². The molecule has 0 aliphatic heterocycles. The van der Waals surface area contributed by atoms with Crippen molar-refractivity contribution in [1.29, 1.82) is 0 Å². The third-order valence-electron chi connectivity index (χ3n) is 3.37. The minimum Gasteiger partial charge on any atom is -0.312 e. The van der Waals surface area contributed by atoms with E-state index in [4.69, 9.17) is 0 Å². The van der Waals surface area contributed by atoms with Gasteiger partial charge in [0.05, 0.1) is 5.69 Å². The number of aromatic amines is 1. The molecule has 0 amide bonds. The Balaban J connectivity index is 2.22. The molecule has 20 heavy (non-hydrogen) atoms. The molecule has 2 aromatic rings. The molecule has 0 saturated carbocycles. The largest absolute Gasteiger partial charge is 0.312 e. The average Bonchev–Trinajstić information content (AvgIpc) is 2.78. The van der Waals surface area contributed by atoms with E-state index < -0.39 is 0 Å². The fraction of sp³-hybridized carbons (Fsp3) is 0.438. The van der Waals surface area contributed by atoms with Gasteiger partial charge in [0.25, 0.3) is 0 Å². The van der Waals surface area contributed by atoms with Crippen molar-refractivity contribution >= 4 is 11.3 Å². The first-order valence-corrected chi connectivity index (χ1v) is 7.89. The van der Waals surface area contributed by atoms with Gasteiger partial charge in [0, 0.05) is 11.4 Å². The first-order chi connectivity index (χ1) is 9.60. The third-order valence-corrected chi connectivity index (χ3v) is 4.24. The first kappa shape index (κ1) is 15.0. The molecule has 0 atom stereocenters. The highest BCUT2D eigenvalue weighted by molar-refractivity contribution is 7.09. The van der Waals surface area contributed by atoms with Crippen molar-refractivity contribution in [1.82, 2.24) is 9.88 Å². The maximum Gasteiger partial charge on any atom is 0.305 e. The second-order valence-electron chi connectivity index (χ2n) is 5.27.